The maximum atomic E-state index is 5.78. The standard InChI is InChI=1S/C7H7Cl2N.ClH/c1-10-7-3-2-5(8)4-6(7)9;/h2-4,10H,1H3;1H. The number of nitrogens with one attached hydrogen (secondary N) is 1. The number of benzene rings is 1. The van der Waals surface area contributed by atoms with Crippen molar-refractivity contribution < 1.29 is 0 Å². The summed E-state index contributed by atoms with van der Waals surface area (Å²) in [4.78, 5) is 0. The van der Waals surface area contributed by atoms with Crippen LogP contribution >= 0.6 is 35.6 Å². The summed E-state index contributed by atoms with van der Waals surface area (Å²) in [7, 11) is 1.81. The van der Waals surface area contributed by atoms with Crippen LogP contribution in [0.5, 0.6) is 0 Å². The third-order valence-electron chi connectivity index (χ3n) is 1.20. The van der Waals surface area contributed by atoms with Crippen LogP contribution in [0.1, 0.15) is 0 Å². The predicted octanol–water partition coefficient (Wildman–Crippen LogP) is 3.46. The maximum absolute atomic E-state index is 5.78. The molecule has 0 aromatic heterocycles. The van der Waals surface area contributed by atoms with Crippen LogP contribution in [-0.4, -0.2) is 7.05 Å². The lowest BCUT2D eigenvalue weighted by atomic mass is 10.3. The molecule has 4 heteroatoms. The monoisotopic (exact) mass is 211 g/mol. The van der Waals surface area contributed by atoms with Gasteiger partial charge in [0.2, 0.25) is 0 Å². The second-order valence-corrected chi connectivity index (χ2v) is 2.72. The van der Waals surface area contributed by atoms with Crippen LogP contribution in [0.15, 0.2) is 18.2 Å². The van der Waals surface area contributed by atoms with Gasteiger partial charge in [-0.25, -0.2) is 0 Å². The molecule has 0 aliphatic heterocycles. The molecule has 0 aliphatic rings. The smallest absolute Gasteiger partial charge is 0.0652 e. The van der Waals surface area contributed by atoms with Gasteiger partial charge in [-0.3, -0.25) is 0 Å². The first-order valence-electron chi connectivity index (χ1n) is 2.87. The van der Waals surface area contributed by atoms with E-state index in [1.165, 1.54) is 0 Å². The third-order valence-corrected chi connectivity index (χ3v) is 1.75. The summed E-state index contributed by atoms with van der Waals surface area (Å²) >= 11 is 11.4. The van der Waals surface area contributed by atoms with Crippen molar-refractivity contribution in [2.45, 2.75) is 0 Å². The van der Waals surface area contributed by atoms with Gasteiger partial charge in [-0.2, -0.15) is 0 Å². The van der Waals surface area contributed by atoms with Crippen LogP contribution in [0.25, 0.3) is 0 Å². The minimum atomic E-state index is 0. The molecule has 62 valence electrons. The van der Waals surface area contributed by atoms with Crippen LogP contribution in [0.2, 0.25) is 10.0 Å². The van der Waals surface area contributed by atoms with Crippen molar-refractivity contribution in [3.63, 3.8) is 0 Å². The molecular weight excluding hydrogens is 204 g/mol. The van der Waals surface area contributed by atoms with E-state index in [-0.39, 0.29) is 12.4 Å². The van der Waals surface area contributed by atoms with Gasteiger partial charge in [0.25, 0.3) is 0 Å². The summed E-state index contributed by atoms with van der Waals surface area (Å²) in [6.45, 7) is 0. The SMILES string of the molecule is CNc1ccc(Cl)cc1Cl.Cl. The lowest BCUT2D eigenvalue weighted by molar-refractivity contribution is 1.51. The van der Waals surface area contributed by atoms with Gasteiger partial charge in [0.15, 0.2) is 0 Å². The van der Waals surface area contributed by atoms with Crippen molar-refractivity contribution in [1.29, 1.82) is 0 Å². The Labute approximate surface area is 82.1 Å². The van der Waals surface area contributed by atoms with Gasteiger partial charge in [-0.05, 0) is 18.2 Å². The lowest BCUT2D eigenvalue weighted by Crippen LogP contribution is -1.87. The van der Waals surface area contributed by atoms with E-state index < -0.39 is 0 Å². The number of rotatable bonds is 1. The highest BCUT2D eigenvalue weighted by Gasteiger charge is 1.96. The van der Waals surface area contributed by atoms with Gasteiger partial charge in [-0.15, -0.1) is 12.4 Å². The van der Waals surface area contributed by atoms with Crippen molar-refractivity contribution >= 4 is 41.3 Å². The van der Waals surface area contributed by atoms with E-state index >= 15 is 0 Å². The zero-order valence-corrected chi connectivity index (χ0v) is 8.22. The lowest BCUT2D eigenvalue weighted by Gasteiger charge is -2.01. The van der Waals surface area contributed by atoms with E-state index in [1.807, 2.05) is 13.1 Å². The number of halogens is 3. The van der Waals surface area contributed by atoms with E-state index in [1.54, 1.807) is 12.1 Å². The minimum absolute atomic E-state index is 0. The van der Waals surface area contributed by atoms with Gasteiger partial charge in [0.1, 0.15) is 0 Å². The molecule has 0 spiro atoms. The Balaban J connectivity index is 0.000001000. The van der Waals surface area contributed by atoms with Crippen molar-refractivity contribution in [1.82, 2.24) is 0 Å². The van der Waals surface area contributed by atoms with E-state index in [0.29, 0.717) is 10.0 Å². The largest absolute Gasteiger partial charge is 0.387 e. The average Bonchev–Trinajstić information content (AvgIpc) is 1.88. The summed E-state index contributed by atoms with van der Waals surface area (Å²) in [5.74, 6) is 0. The summed E-state index contributed by atoms with van der Waals surface area (Å²) < 4.78 is 0. The van der Waals surface area contributed by atoms with Crippen LogP contribution in [0.3, 0.4) is 0 Å². The Morgan fingerprint density at radius 1 is 1.27 bits per heavy atom. The quantitative estimate of drug-likeness (QED) is 0.752. The first-order valence-corrected chi connectivity index (χ1v) is 3.62. The van der Waals surface area contributed by atoms with Gasteiger partial charge in [-0.1, -0.05) is 23.2 Å². The first kappa shape index (κ1) is 10.9. The van der Waals surface area contributed by atoms with E-state index in [2.05, 4.69) is 5.32 Å². The molecule has 0 saturated heterocycles. The van der Waals surface area contributed by atoms with Crippen molar-refractivity contribution in [3.8, 4) is 0 Å². The fourth-order valence-electron chi connectivity index (χ4n) is 0.692. The molecule has 11 heavy (non-hydrogen) atoms. The van der Waals surface area contributed by atoms with Crippen LogP contribution in [-0.2, 0) is 0 Å². The van der Waals surface area contributed by atoms with Gasteiger partial charge < -0.3 is 5.32 Å². The number of hydrogen-bond acceptors (Lipinski definition) is 1. The Hall–Kier alpha value is -0.110. The Kier molecular flexibility index (Phi) is 4.66. The fraction of sp³-hybridized carbons (Fsp3) is 0.143. The van der Waals surface area contributed by atoms with Crippen molar-refractivity contribution in [3.05, 3.63) is 28.2 Å². The van der Waals surface area contributed by atoms with Crippen molar-refractivity contribution in [2.24, 2.45) is 0 Å². The summed E-state index contributed by atoms with van der Waals surface area (Å²) in [5, 5.41) is 4.24. The molecule has 0 bridgehead atoms. The molecule has 1 nitrogen and oxygen atoms in total. The van der Waals surface area contributed by atoms with Gasteiger partial charge in [0.05, 0.1) is 10.7 Å². The van der Waals surface area contributed by atoms with Crippen LogP contribution < -0.4 is 5.32 Å². The topological polar surface area (TPSA) is 12.0 Å². The molecule has 0 saturated carbocycles. The molecule has 0 radical (unpaired) electrons. The predicted molar refractivity (Wildman–Crippen MR) is 53.3 cm³/mol. The van der Waals surface area contributed by atoms with Gasteiger partial charge >= 0.3 is 0 Å². The molecule has 0 fully saturated rings. The first-order chi connectivity index (χ1) is 4.74. The highest BCUT2D eigenvalue weighted by atomic mass is 35.5. The third kappa shape index (κ3) is 2.78. The molecule has 1 aromatic rings. The average molecular weight is 213 g/mol. The second kappa shape index (κ2) is 4.70. The maximum Gasteiger partial charge on any atom is 0.0652 e. The Bertz CT molecular complexity index is 237. The normalized spacial score (nSPS) is 8.64. The molecule has 1 rings (SSSR count). The molecule has 0 atom stereocenters. The molecular formula is C7H8Cl3N. The molecule has 1 aromatic carbocycles. The molecule has 0 aliphatic carbocycles. The van der Waals surface area contributed by atoms with Gasteiger partial charge in [0, 0.05) is 12.1 Å². The minimum Gasteiger partial charge on any atom is -0.387 e. The van der Waals surface area contributed by atoms with E-state index in [4.69, 9.17) is 23.2 Å². The van der Waals surface area contributed by atoms with E-state index in [9.17, 15) is 0 Å². The van der Waals surface area contributed by atoms with Crippen LogP contribution in [0, 0.1) is 0 Å². The summed E-state index contributed by atoms with van der Waals surface area (Å²) in [6.07, 6.45) is 0. The fourth-order valence-corrected chi connectivity index (χ4v) is 1.20. The highest BCUT2D eigenvalue weighted by molar-refractivity contribution is 6.36. The Morgan fingerprint density at radius 3 is 2.36 bits per heavy atom. The highest BCUT2D eigenvalue weighted by Crippen LogP contribution is 2.24. The second-order valence-electron chi connectivity index (χ2n) is 1.87. The zero-order valence-electron chi connectivity index (χ0n) is 5.90. The zero-order chi connectivity index (χ0) is 7.56. The number of anilines is 1. The summed E-state index contributed by atoms with van der Waals surface area (Å²) in [5.41, 5.74) is 0.895. The Morgan fingerprint density at radius 2 is 1.91 bits per heavy atom. The molecule has 0 heterocycles. The molecule has 0 unspecified atom stereocenters. The molecule has 1 N–H and O–H groups in total. The van der Waals surface area contributed by atoms with Crippen molar-refractivity contribution in [2.75, 3.05) is 12.4 Å². The summed E-state index contributed by atoms with van der Waals surface area (Å²) in [6, 6.07) is 5.33. The molecule has 0 amide bonds. The van der Waals surface area contributed by atoms with Crippen LogP contribution in [0.4, 0.5) is 5.69 Å². The number of hydrogen-bond donors (Lipinski definition) is 1. The van der Waals surface area contributed by atoms with E-state index in [0.717, 1.165) is 5.69 Å².